The van der Waals surface area contributed by atoms with E-state index in [2.05, 4.69) is 38.3 Å². The van der Waals surface area contributed by atoms with Crippen LogP contribution in [0.1, 0.15) is 32.2 Å². The van der Waals surface area contributed by atoms with Crippen LogP contribution in [-0.4, -0.2) is 16.7 Å². The monoisotopic (exact) mass is 323 g/mol. The topological polar surface area (TPSA) is 51.0 Å². The van der Waals surface area contributed by atoms with Gasteiger partial charge in [0, 0.05) is 10.0 Å². The first kappa shape index (κ1) is 14.2. The molecule has 5 heteroatoms. The minimum absolute atomic E-state index is 0.322. The van der Waals surface area contributed by atoms with Crippen molar-refractivity contribution in [1.82, 2.24) is 15.5 Å². The molecule has 0 aliphatic carbocycles. The summed E-state index contributed by atoms with van der Waals surface area (Å²) in [5.74, 6) is 1.20. The Morgan fingerprint density at radius 1 is 1.37 bits per heavy atom. The zero-order valence-corrected chi connectivity index (χ0v) is 13.2. The summed E-state index contributed by atoms with van der Waals surface area (Å²) in [7, 11) is 0. The molecular weight excluding hydrogens is 306 g/mol. The van der Waals surface area contributed by atoms with E-state index in [4.69, 9.17) is 4.52 Å². The lowest BCUT2D eigenvalue weighted by atomic mass is 10.1. The molecule has 0 radical (unpaired) electrons. The fourth-order valence-electron chi connectivity index (χ4n) is 1.91. The summed E-state index contributed by atoms with van der Waals surface area (Å²) in [5.41, 5.74) is 1.80. The van der Waals surface area contributed by atoms with Crippen molar-refractivity contribution >= 4 is 15.9 Å². The van der Waals surface area contributed by atoms with Crippen molar-refractivity contribution in [2.24, 2.45) is 0 Å². The number of halogens is 1. The molecule has 2 rings (SSSR count). The average molecular weight is 324 g/mol. The Kier molecular flexibility index (Phi) is 4.06. The molecule has 1 heterocycles. The van der Waals surface area contributed by atoms with E-state index in [0.717, 1.165) is 16.6 Å². The lowest BCUT2D eigenvalue weighted by molar-refractivity contribution is 0.272. The van der Waals surface area contributed by atoms with Crippen molar-refractivity contribution in [2.45, 2.75) is 33.2 Å². The molecule has 0 fully saturated rings. The summed E-state index contributed by atoms with van der Waals surface area (Å²) in [6.07, 6.45) is 0. The Bertz CT molecular complexity index is 578. The number of hydrogen-bond donors (Lipinski definition) is 1. The molecule has 0 atom stereocenters. The van der Waals surface area contributed by atoms with Crippen LogP contribution in [0.15, 0.2) is 27.2 Å². The minimum atomic E-state index is -0.322. The Balaban J connectivity index is 2.35. The summed E-state index contributed by atoms with van der Waals surface area (Å²) in [6, 6.07) is 6.07. The SMILES string of the molecule is CCNC(C)(C)c1nc(-c2ccc(C)cc2Br)no1. The molecule has 19 heavy (non-hydrogen) atoms. The first-order valence-corrected chi connectivity index (χ1v) is 7.09. The van der Waals surface area contributed by atoms with E-state index < -0.39 is 0 Å². The average Bonchev–Trinajstić information content (AvgIpc) is 2.78. The van der Waals surface area contributed by atoms with Crippen molar-refractivity contribution in [1.29, 1.82) is 0 Å². The van der Waals surface area contributed by atoms with Gasteiger partial charge in [-0.1, -0.05) is 34.1 Å². The molecule has 4 nitrogen and oxygen atoms in total. The van der Waals surface area contributed by atoms with Crippen molar-refractivity contribution in [3.8, 4) is 11.4 Å². The second-order valence-corrected chi connectivity index (χ2v) is 5.92. The molecule has 1 aromatic heterocycles. The predicted octanol–water partition coefficient (Wildman–Crippen LogP) is 3.65. The normalized spacial score (nSPS) is 11.8. The number of nitrogens with one attached hydrogen (secondary N) is 1. The molecule has 0 amide bonds. The van der Waals surface area contributed by atoms with Crippen LogP contribution in [0.5, 0.6) is 0 Å². The van der Waals surface area contributed by atoms with Crippen molar-refractivity contribution in [3.63, 3.8) is 0 Å². The van der Waals surface area contributed by atoms with Crippen LogP contribution < -0.4 is 5.32 Å². The highest BCUT2D eigenvalue weighted by atomic mass is 79.9. The molecule has 0 unspecified atom stereocenters. The first-order valence-electron chi connectivity index (χ1n) is 6.30. The summed E-state index contributed by atoms with van der Waals surface area (Å²) in [6.45, 7) is 9.00. The molecule has 0 bridgehead atoms. The van der Waals surface area contributed by atoms with Gasteiger partial charge >= 0.3 is 0 Å². The molecule has 0 saturated heterocycles. The fourth-order valence-corrected chi connectivity index (χ4v) is 2.58. The second kappa shape index (κ2) is 5.43. The van der Waals surface area contributed by atoms with E-state index in [1.165, 1.54) is 5.56 Å². The molecule has 102 valence electrons. The van der Waals surface area contributed by atoms with Gasteiger partial charge in [0.1, 0.15) is 0 Å². The highest BCUT2D eigenvalue weighted by Gasteiger charge is 2.26. The van der Waals surface area contributed by atoms with Gasteiger partial charge in [-0.05, 0) is 45.0 Å². The van der Waals surface area contributed by atoms with Gasteiger partial charge in [-0.25, -0.2) is 0 Å². The number of nitrogens with zero attached hydrogens (tertiary/aromatic N) is 2. The van der Waals surface area contributed by atoms with Gasteiger partial charge in [-0.3, -0.25) is 0 Å². The van der Waals surface area contributed by atoms with E-state index in [1.807, 2.05) is 39.0 Å². The zero-order chi connectivity index (χ0) is 14.0. The number of aromatic nitrogens is 2. The summed E-state index contributed by atoms with van der Waals surface area (Å²) >= 11 is 3.54. The van der Waals surface area contributed by atoms with Gasteiger partial charge < -0.3 is 9.84 Å². The maximum Gasteiger partial charge on any atom is 0.246 e. The lowest BCUT2D eigenvalue weighted by Gasteiger charge is -2.20. The summed E-state index contributed by atoms with van der Waals surface area (Å²) in [4.78, 5) is 4.49. The Morgan fingerprint density at radius 3 is 2.74 bits per heavy atom. The summed E-state index contributed by atoms with van der Waals surface area (Å²) < 4.78 is 6.35. The van der Waals surface area contributed by atoms with E-state index in [1.54, 1.807) is 0 Å². The van der Waals surface area contributed by atoms with Crippen molar-refractivity contribution in [3.05, 3.63) is 34.1 Å². The van der Waals surface area contributed by atoms with Gasteiger partial charge in [0.25, 0.3) is 0 Å². The van der Waals surface area contributed by atoms with Gasteiger partial charge in [0.15, 0.2) is 0 Å². The van der Waals surface area contributed by atoms with Crippen molar-refractivity contribution < 1.29 is 4.52 Å². The van der Waals surface area contributed by atoms with E-state index in [0.29, 0.717) is 11.7 Å². The van der Waals surface area contributed by atoms with E-state index >= 15 is 0 Å². The van der Waals surface area contributed by atoms with E-state index in [9.17, 15) is 0 Å². The van der Waals surface area contributed by atoms with Crippen LogP contribution in [-0.2, 0) is 5.54 Å². The second-order valence-electron chi connectivity index (χ2n) is 5.06. The molecule has 0 aliphatic rings. The minimum Gasteiger partial charge on any atom is -0.337 e. The highest BCUT2D eigenvalue weighted by molar-refractivity contribution is 9.10. The number of hydrogen-bond acceptors (Lipinski definition) is 4. The predicted molar refractivity (Wildman–Crippen MR) is 78.9 cm³/mol. The molecule has 0 aliphatic heterocycles. The molecule has 0 saturated carbocycles. The first-order chi connectivity index (χ1) is 8.94. The molecule has 1 N–H and O–H groups in total. The van der Waals surface area contributed by atoms with Gasteiger partial charge in [-0.15, -0.1) is 0 Å². The highest BCUT2D eigenvalue weighted by Crippen LogP contribution is 2.28. The Hall–Kier alpha value is -1.20. The third-order valence-electron chi connectivity index (χ3n) is 2.94. The fraction of sp³-hybridized carbons (Fsp3) is 0.429. The van der Waals surface area contributed by atoms with E-state index in [-0.39, 0.29) is 5.54 Å². The quantitative estimate of drug-likeness (QED) is 0.933. The van der Waals surface area contributed by atoms with Crippen LogP contribution in [0.2, 0.25) is 0 Å². The number of rotatable bonds is 4. The smallest absolute Gasteiger partial charge is 0.246 e. The Labute approximate surface area is 121 Å². The maximum absolute atomic E-state index is 5.38. The van der Waals surface area contributed by atoms with Gasteiger partial charge in [0.2, 0.25) is 11.7 Å². The van der Waals surface area contributed by atoms with Gasteiger partial charge in [-0.2, -0.15) is 4.98 Å². The molecular formula is C14H18BrN3O. The molecule has 0 spiro atoms. The standard InChI is InChI=1S/C14H18BrN3O/c1-5-16-14(3,4)13-17-12(18-19-13)10-7-6-9(2)8-11(10)15/h6-8,16H,5H2,1-4H3. The maximum atomic E-state index is 5.38. The number of benzene rings is 1. The lowest BCUT2D eigenvalue weighted by Crippen LogP contribution is -2.36. The largest absolute Gasteiger partial charge is 0.337 e. The number of aryl methyl sites for hydroxylation is 1. The van der Waals surface area contributed by atoms with Gasteiger partial charge in [0.05, 0.1) is 5.54 Å². The van der Waals surface area contributed by atoms with Crippen LogP contribution in [0.4, 0.5) is 0 Å². The van der Waals surface area contributed by atoms with Crippen LogP contribution >= 0.6 is 15.9 Å². The van der Waals surface area contributed by atoms with Crippen molar-refractivity contribution in [2.75, 3.05) is 6.54 Å². The Morgan fingerprint density at radius 2 is 2.11 bits per heavy atom. The zero-order valence-electron chi connectivity index (χ0n) is 11.6. The summed E-state index contributed by atoms with van der Waals surface area (Å²) in [5, 5.41) is 7.39. The molecule has 1 aromatic carbocycles. The third kappa shape index (κ3) is 3.04. The van der Waals surface area contributed by atoms with Crippen LogP contribution in [0.25, 0.3) is 11.4 Å². The van der Waals surface area contributed by atoms with Crippen LogP contribution in [0.3, 0.4) is 0 Å². The third-order valence-corrected chi connectivity index (χ3v) is 3.60. The van der Waals surface area contributed by atoms with Crippen LogP contribution in [0, 0.1) is 6.92 Å². The molecule has 2 aromatic rings.